The van der Waals surface area contributed by atoms with Crippen molar-refractivity contribution in [1.82, 2.24) is 9.21 Å². The van der Waals surface area contributed by atoms with Gasteiger partial charge in [-0.25, -0.2) is 8.42 Å². The highest BCUT2D eigenvalue weighted by Gasteiger charge is 2.27. The van der Waals surface area contributed by atoms with E-state index in [-0.39, 0.29) is 5.91 Å². The highest BCUT2D eigenvalue weighted by atomic mass is 32.2. The van der Waals surface area contributed by atoms with Crippen molar-refractivity contribution in [3.63, 3.8) is 0 Å². The molecule has 1 aliphatic heterocycles. The summed E-state index contributed by atoms with van der Waals surface area (Å²) in [6.45, 7) is 4.89. The fourth-order valence-corrected chi connectivity index (χ4v) is 5.65. The Morgan fingerprint density at radius 3 is 2.54 bits per heavy atom. The minimum atomic E-state index is -3.37. The molecule has 0 radical (unpaired) electrons. The first-order valence-electron chi connectivity index (χ1n) is 8.58. The molecular weight excluding hydrogens is 370 g/mol. The number of hydrogen-bond donors (Lipinski definition) is 1. The van der Waals surface area contributed by atoms with Gasteiger partial charge in [0.05, 0.1) is 0 Å². The van der Waals surface area contributed by atoms with Crippen molar-refractivity contribution in [3.05, 3.63) is 47.3 Å². The Kier molecular flexibility index (Phi) is 6.08. The zero-order chi connectivity index (χ0) is 18.6. The van der Waals surface area contributed by atoms with Crippen LogP contribution < -0.4 is 5.32 Å². The maximum atomic E-state index is 12.7. The molecule has 3 rings (SSSR count). The molecule has 1 fully saturated rings. The number of nitrogens with zero attached hydrogens (tertiary/aromatic N) is 2. The first kappa shape index (κ1) is 19.0. The van der Waals surface area contributed by atoms with E-state index in [9.17, 15) is 13.2 Å². The summed E-state index contributed by atoms with van der Waals surface area (Å²) < 4.78 is 27.4. The number of carbonyl (C=O) groups excluding carboxylic acids is 1. The van der Waals surface area contributed by atoms with Crippen LogP contribution in [0.15, 0.2) is 46.0 Å². The third-order valence-electron chi connectivity index (χ3n) is 4.32. The van der Waals surface area contributed by atoms with Crippen LogP contribution in [0, 0.1) is 0 Å². The SMILES string of the molecule is CC(=O)Nc1ccc(CN2CCCN(S(=O)(=O)c3cccs3)CC2)cc1. The van der Waals surface area contributed by atoms with Gasteiger partial charge in [-0.1, -0.05) is 18.2 Å². The summed E-state index contributed by atoms with van der Waals surface area (Å²) in [4.78, 5) is 13.4. The Morgan fingerprint density at radius 2 is 1.88 bits per heavy atom. The van der Waals surface area contributed by atoms with Crippen molar-refractivity contribution >= 4 is 33.0 Å². The van der Waals surface area contributed by atoms with Crippen molar-refractivity contribution in [3.8, 4) is 0 Å². The van der Waals surface area contributed by atoms with E-state index >= 15 is 0 Å². The second-order valence-electron chi connectivity index (χ2n) is 6.34. The Labute approximate surface area is 158 Å². The summed E-state index contributed by atoms with van der Waals surface area (Å²) in [6, 6.07) is 11.2. The number of nitrogens with one attached hydrogen (secondary N) is 1. The van der Waals surface area contributed by atoms with Gasteiger partial charge < -0.3 is 5.32 Å². The fraction of sp³-hybridized carbons (Fsp3) is 0.389. The molecular formula is C18H23N3O3S2. The van der Waals surface area contributed by atoms with Crippen molar-refractivity contribution in [2.75, 3.05) is 31.5 Å². The number of rotatable bonds is 5. The monoisotopic (exact) mass is 393 g/mol. The molecule has 1 amide bonds. The van der Waals surface area contributed by atoms with Crippen LogP contribution in [-0.4, -0.2) is 49.7 Å². The molecule has 6 nitrogen and oxygen atoms in total. The molecule has 1 aliphatic rings. The van der Waals surface area contributed by atoms with E-state index < -0.39 is 10.0 Å². The Balaban J connectivity index is 1.59. The van der Waals surface area contributed by atoms with E-state index in [1.165, 1.54) is 18.3 Å². The highest BCUT2D eigenvalue weighted by Crippen LogP contribution is 2.22. The highest BCUT2D eigenvalue weighted by molar-refractivity contribution is 7.91. The topological polar surface area (TPSA) is 69.7 Å². The molecule has 1 aromatic carbocycles. The van der Waals surface area contributed by atoms with Gasteiger partial charge in [0.1, 0.15) is 4.21 Å². The number of thiophene rings is 1. The molecule has 26 heavy (non-hydrogen) atoms. The number of carbonyl (C=O) groups is 1. The molecule has 0 bridgehead atoms. The number of amides is 1. The summed E-state index contributed by atoms with van der Waals surface area (Å²) in [7, 11) is -3.37. The van der Waals surface area contributed by atoms with Gasteiger partial charge in [0, 0.05) is 38.8 Å². The lowest BCUT2D eigenvalue weighted by atomic mass is 10.2. The molecule has 0 saturated carbocycles. The van der Waals surface area contributed by atoms with Gasteiger partial charge in [0.2, 0.25) is 5.91 Å². The van der Waals surface area contributed by atoms with Crippen molar-refractivity contribution in [1.29, 1.82) is 0 Å². The zero-order valence-electron chi connectivity index (χ0n) is 14.7. The Morgan fingerprint density at radius 1 is 1.12 bits per heavy atom. The maximum absolute atomic E-state index is 12.7. The first-order valence-corrected chi connectivity index (χ1v) is 10.9. The molecule has 2 aromatic rings. The second kappa shape index (κ2) is 8.30. The molecule has 0 unspecified atom stereocenters. The zero-order valence-corrected chi connectivity index (χ0v) is 16.4. The normalized spacial score (nSPS) is 17.0. The van der Waals surface area contributed by atoms with E-state index in [1.807, 2.05) is 24.3 Å². The molecule has 140 valence electrons. The molecule has 2 heterocycles. The standard InChI is InChI=1S/C18H23N3O3S2/c1-15(22)19-17-7-5-16(6-8-17)14-20-9-3-10-21(12-11-20)26(23,24)18-4-2-13-25-18/h2,4-8,13H,3,9-12,14H2,1H3,(H,19,22). The van der Waals surface area contributed by atoms with E-state index in [0.29, 0.717) is 23.8 Å². The van der Waals surface area contributed by atoms with E-state index in [0.717, 1.165) is 30.8 Å². The van der Waals surface area contributed by atoms with Gasteiger partial charge >= 0.3 is 0 Å². The van der Waals surface area contributed by atoms with Crippen LogP contribution in [-0.2, 0) is 21.4 Å². The average molecular weight is 394 g/mol. The molecule has 1 N–H and O–H groups in total. The largest absolute Gasteiger partial charge is 0.326 e. The molecule has 1 saturated heterocycles. The molecule has 0 aliphatic carbocycles. The predicted molar refractivity (Wildman–Crippen MR) is 104 cm³/mol. The summed E-state index contributed by atoms with van der Waals surface area (Å²) in [5.74, 6) is -0.0858. The number of sulfonamides is 1. The lowest BCUT2D eigenvalue weighted by Gasteiger charge is -2.21. The number of hydrogen-bond acceptors (Lipinski definition) is 5. The van der Waals surface area contributed by atoms with Crippen LogP contribution in [0.2, 0.25) is 0 Å². The second-order valence-corrected chi connectivity index (χ2v) is 9.46. The van der Waals surface area contributed by atoms with Crippen LogP contribution in [0.3, 0.4) is 0 Å². The predicted octanol–water partition coefficient (Wildman–Crippen LogP) is 2.60. The summed E-state index contributed by atoms with van der Waals surface area (Å²) in [5, 5.41) is 4.55. The third kappa shape index (κ3) is 4.70. The van der Waals surface area contributed by atoms with Gasteiger partial charge in [-0.3, -0.25) is 9.69 Å². The third-order valence-corrected chi connectivity index (χ3v) is 7.59. The first-order chi connectivity index (χ1) is 12.4. The van der Waals surface area contributed by atoms with E-state index in [2.05, 4.69) is 10.2 Å². The lowest BCUT2D eigenvalue weighted by Crippen LogP contribution is -2.34. The van der Waals surface area contributed by atoms with Crippen LogP contribution >= 0.6 is 11.3 Å². The van der Waals surface area contributed by atoms with Gasteiger partial charge in [-0.2, -0.15) is 4.31 Å². The van der Waals surface area contributed by atoms with Crippen molar-refractivity contribution in [2.24, 2.45) is 0 Å². The van der Waals surface area contributed by atoms with Gasteiger partial charge in [0.15, 0.2) is 0 Å². The number of anilines is 1. The Hall–Kier alpha value is -1.74. The van der Waals surface area contributed by atoms with Crippen LogP contribution in [0.1, 0.15) is 18.9 Å². The maximum Gasteiger partial charge on any atom is 0.252 e. The quantitative estimate of drug-likeness (QED) is 0.848. The van der Waals surface area contributed by atoms with Crippen LogP contribution in [0.5, 0.6) is 0 Å². The van der Waals surface area contributed by atoms with Crippen molar-refractivity contribution < 1.29 is 13.2 Å². The van der Waals surface area contributed by atoms with Gasteiger partial charge in [-0.15, -0.1) is 11.3 Å². The fourth-order valence-electron chi connectivity index (χ4n) is 3.04. The summed E-state index contributed by atoms with van der Waals surface area (Å²) >= 11 is 1.27. The average Bonchev–Trinajstić information content (AvgIpc) is 3.04. The molecule has 1 aromatic heterocycles. The Bertz CT molecular complexity index is 833. The minimum absolute atomic E-state index is 0.0858. The summed E-state index contributed by atoms with van der Waals surface area (Å²) in [5.41, 5.74) is 1.93. The van der Waals surface area contributed by atoms with E-state index in [4.69, 9.17) is 0 Å². The molecule has 0 atom stereocenters. The molecule has 0 spiro atoms. The minimum Gasteiger partial charge on any atom is -0.326 e. The van der Waals surface area contributed by atoms with Crippen molar-refractivity contribution in [2.45, 2.75) is 24.1 Å². The molecule has 8 heteroatoms. The smallest absolute Gasteiger partial charge is 0.252 e. The van der Waals surface area contributed by atoms with Gasteiger partial charge in [-0.05, 0) is 42.1 Å². The van der Waals surface area contributed by atoms with E-state index in [1.54, 1.807) is 21.8 Å². The van der Waals surface area contributed by atoms with Gasteiger partial charge in [0.25, 0.3) is 10.0 Å². The van der Waals surface area contributed by atoms with Crippen LogP contribution in [0.4, 0.5) is 5.69 Å². The van der Waals surface area contributed by atoms with Crippen LogP contribution in [0.25, 0.3) is 0 Å². The number of benzene rings is 1. The lowest BCUT2D eigenvalue weighted by molar-refractivity contribution is -0.114. The summed E-state index contributed by atoms with van der Waals surface area (Å²) in [6.07, 6.45) is 0.814.